The maximum atomic E-state index is 10.7. The van der Waals surface area contributed by atoms with Gasteiger partial charge in [0.1, 0.15) is 6.10 Å². The second-order valence-electron chi connectivity index (χ2n) is 3.74. The van der Waals surface area contributed by atoms with E-state index in [0.29, 0.717) is 22.9 Å². The molecule has 1 rings (SSSR count). The van der Waals surface area contributed by atoms with Crippen molar-refractivity contribution in [1.29, 1.82) is 0 Å². The Morgan fingerprint density at radius 2 is 2.12 bits per heavy atom. The van der Waals surface area contributed by atoms with Crippen LogP contribution in [-0.2, 0) is 0 Å². The molecule has 2 unspecified atom stereocenters. The van der Waals surface area contributed by atoms with Crippen LogP contribution < -0.4 is 0 Å². The van der Waals surface area contributed by atoms with Crippen LogP contribution in [0.25, 0.3) is 0 Å². The van der Waals surface area contributed by atoms with Crippen molar-refractivity contribution in [3.05, 3.63) is 39.4 Å². The van der Waals surface area contributed by atoms with E-state index in [1.54, 1.807) is 13.0 Å². The maximum absolute atomic E-state index is 10.7. The molecule has 0 aliphatic heterocycles. The first-order valence-corrected chi connectivity index (χ1v) is 6.27. The van der Waals surface area contributed by atoms with Gasteiger partial charge in [0.05, 0.1) is 11.0 Å². The molecular weight excluding hydrogens is 290 g/mol. The van der Waals surface area contributed by atoms with Crippen LogP contribution in [0.1, 0.15) is 23.7 Å². The number of nitrogens with zero attached hydrogens (tertiary/aromatic N) is 1. The summed E-state index contributed by atoms with van der Waals surface area (Å²) >= 11 is 3.17. The molecule has 1 aromatic carbocycles. The molecule has 0 amide bonds. The molecule has 0 bridgehead atoms. The monoisotopic (exact) mass is 303 g/mol. The molecule has 0 saturated carbocycles. The quantitative estimate of drug-likeness (QED) is 0.495. The lowest BCUT2D eigenvalue weighted by Gasteiger charge is -2.18. The van der Waals surface area contributed by atoms with E-state index in [-0.39, 0.29) is 5.69 Å². The molecule has 0 fully saturated rings. The van der Waals surface area contributed by atoms with Crippen molar-refractivity contribution in [2.75, 3.05) is 5.33 Å². The average Bonchev–Trinajstić information content (AvgIpc) is 2.28. The number of hydrogen-bond donors (Lipinski definition) is 2. The summed E-state index contributed by atoms with van der Waals surface area (Å²) in [6.45, 7) is 1.57. The summed E-state index contributed by atoms with van der Waals surface area (Å²) in [4.78, 5) is 10.2. The number of rotatable bonds is 5. The molecule has 0 aliphatic carbocycles. The summed E-state index contributed by atoms with van der Waals surface area (Å²) in [7, 11) is 0. The van der Waals surface area contributed by atoms with Crippen LogP contribution in [0, 0.1) is 17.0 Å². The fourth-order valence-corrected chi connectivity index (χ4v) is 2.11. The Kier molecular flexibility index (Phi) is 5.04. The predicted molar refractivity (Wildman–Crippen MR) is 67.2 cm³/mol. The zero-order valence-corrected chi connectivity index (χ0v) is 10.9. The fraction of sp³-hybridized carbons (Fsp3) is 0.455. The van der Waals surface area contributed by atoms with Gasteiger partial charge in [0, 0.05) is 17.0 Å². The van der Waals surface area contributed by atoms with E-state index in [9.17, 15) is 20.3 Å². The Hall–Kier alpha value is -0.980. The van der Waals surface area contributed by atoms with Gasteiger partial charge in [-0.3, -0.25) is 10.1 Å². The van der Waals surface area contributed by atoms with E-state index in [2.05, 4.69) is 15.9 Å². The normalized spacial score (nSPS) is 14.4. The molecule has 94 valence electrons. The smallest absolute Gasteiger partial charge is 0.272 e. The largest absolute Gasteiger partial charge is 0.390 e. The Morgan fingerprint density at radius 3 is 2.65 bits per heavy atom. The number of hydrogen-bond acceptors (Lipinski definition) is 4. The summed E-state index contributed by atoms with van der Waals surface area (Å²) in [5.41, 5.74) is 0.735. The standard InChI is InChI=1S/C11H14BrNO4/c1-7-8(11(15)10(14)5-6-12)3-2-4-9(7)13(16)17/h2-4,10-11,14-15H,5-6H2,1H3. The lowest BCUT2D eigenvalue weighted by molar-refractivity contribution is -0.385. The third-order valence-electron chi connectivity index (χ3n) is 2.63. The maximum Gasteiger partial charge on any atom is 0.272 e. The summed E-state index contributed by atoms with van der Waals surface area (Å²) in [5, 5.41) is 30.9. The van der Waals surface area contributed by atoms with Gasteiger partial charge in [-0.15, -0.1) is 0 Å². The van der Waals surface area contributed by atoms with Crippen LogP contribution in [0.4, 0.5) is 5.69 Å². The molecule has 0 radical (unpaired) electrons. The van der Waals surface area contributed by atoms with Gasteiger partial charge in [-0.05, 0) is 18.9 Å². The van der Waals surface area contributed by atoms with E-state index in [4.69, 9.17) is 0 Å². The van der Waals surface area contributed by atoms with Crippen molar-refractivity contribution in [2.45, 2.75) is 25.6 Å². The van der Waals surface area contributed by atoms with Gasteiger partial charge in [-0.25, -0.2) is 0 Å². The first-order valence-electron chi connectivity index (χ1n) is 5.15. The minimum Gasteiger partial charge on any atom is -0.390 e. The Bertz CT molecular complexity index is 410. The average molecular weight is 304 g/mol. The highest BCUT2D eigenvalue weighted by Gasteiger charge is 2.23. The van der Waals surface area contributed by atoms with Crippen LogP contribution in [0.5, 0.6) is 0 Å². The number of nitro groups is 1. The lowest BCUT2D eigenvalue weighted by Crippen LogP contribution is -2.19. The van der Waals surface area contributed by atoms with Crippen LogP contribution in [0.3, 0.4) is 0 Å². The van der Waals surface area contributed by atoms with Gasteiger partial charge < -0.3 is 10.2 Å². The molecule has 0 aliphatic rings. The SMILES string of the molecule is Cc1c(C(O)C(O)CCBr)cccc1[N+](=O)[O-]. The van der Waals surface area contributed by atoms with E-state index in [0.717, 1.165) is 0 Å². The number of aliphatic hydroxyl groups is 2. The van der Waals surface area contributed by atoms with Gasteiger partial charge >= 0.3 is 0 Å². The molecule has 0 spiro atoms. The van der Waals surface area contributed by atoms with Crippen molar-refractivity contribution in [3.8, 4) is 0 Å². The van der Waals surface area contributed by atoms with Crippen LogP contribution in [0.15, 0.2) is 18.2 Å². The third-order valence-corrected chi connectivity index (χ3v) is 3.09. The van der Waals surface area contributed by atoms with Gasteiger partial charge in [0.2, 0.25) is 0 Å². The lowest BCUT2D eigenvalue weighted by atomic mass is 9.97. The van der Waals surface area contributed by atoms with Crippen LogP contribution in [-0.4, -0.2) is 26.6 Å². The van der Waals surface area contributed by atoms with Crippen LogP contribution in [0.2, 0.25) is 0 Å². The van der Waals surface area contributed by atoms with Crippen LogP contribution >= 0.6 is 15.9 Å². The molecule has 0 aromatic heterocycles. The van der Waals surface area contributed by atoms with E-state index >= 15 is 0 Å². The number of aliphatic hydroxyl groups excluding tert-OH is 2. The number of halogens is 1. The second kappa shape index (κ2) is 6.09. The van der Waals surface area contributed by atoms with Gasteiger partial charge in [0.25, 0.3) is 5.69 Å². The van der Waals surface area contributed by atoms with Crippen molar-refractivity contribution in [1.82, 2.24) is 0 Å². The Balaban J connectivity index is 3.06. The fourth-order valence-electron chi connectivity index (χ4n) is 1.64. The van der Waals surface area contributed by atoms with Crippen molar-refractivity contribution in [3.63, 3.8) is 0 Å². The first kappa shape index (κ1) is 14.1. The molecule has 6 heteroatoms. The minimum absolute atomic E-state index is 0.0485. The molecule has 0 heterocycles. The Morgan fingerprint density at radius 1 is 1.47 bits per heavy atom. The van der Waals surface area contributed by atoms with Gasteiger partial charge in [-0.2, -0.15) is 0 Å². The zero-order valence-electron chi connectivity index (χ0n) is 9.34. The molecular formula is C11H14BrNO4. The highest BCUT2D eigenvalue weighted by atomic mass is 79.9. The predicted octanol–water partition coefficient (Wildman–Crippen LogP) is 2.08. The number of alkyl halides is 1. The van der Waals surface area contributed by atoms with E-state index < -0.39 is 17.1 Å². The van der Waals surface area contributed by atoms with E-state index in [1.165, 1.54) is 12.1 Å². The van der Waals surface area contributed by atoms with Crippen molar-refractivity contribution >= 4 is 21.6 Å². The highest BCUT2D eigenvalue weighted by molar-refractivity contribution is 9.09. The number of nitro benzene ring substituents is 1. The molecule has 17 heavy (non-hydrogen) atoms. The molecule has 2 N–H and O–H groups in total. The summed E-state index contributed by atoms with van der Waals surface area (Å²) in [6.07, 6.45) is -1.66. The Labute approximate surface area is 107 Å². The molecule has 5 nitrogen and oxygen atoms in total. The van der Waals surface area contributed by atoms with Crippen molar-refractivity contribution < 1.29 is 15.1 Å². The zero-order chi connectivity index (χ0) is 13.0. The number of benzene rings is 1. The minimum atomic E-state index is -1.10. The van der Waals surface area contributed by atoms with Crippen molar-refractivity contribution in [2.24, 2.45) is 0 Å². The van der Waals surface area contributed by atoms with Gasteiger partial charge in [-0.1, -0.05) is 28.1 Å². The third kappa shape index (κ3) is 3.24. The summed E-state index contributed by atoms with van der Waals surface area (Å²) in [5.74, 6) is 0. The van der Waals surface area contributed by atoms with E-state index in [1.807, 2.05) is 0 Å². The molecule has 1 aromatic rings. The van der Waals surface area contributed by atoms with Gasteiger partial charge in [0.15, 0.2) is 0 Å². The first-order chi connectivity index (χ1) is 7.99. The molecule has 2 atom stereocenters. The molecule has 0 saturated heterocycles. The summed E-state index contributed by atoms with van der Waals surface area (Å²) < 4.78 is 0. The highest BCUT2D eigenvalue weighted by Crippen LogP contribution is 2.28. The topological polar surface area (TPSA) is 83.6 Å². The summed E-state index contributed by atoms with van der Waals surface area (Å²) in [6, 6.07) is 4.47. The second-order valence-corrected chi connectivity index (χ2v) is 4.53.